The van der Waals surface area contributed by atoms with Gasteiger partial charge in [0.2, 0.25) is 0 Å². The second kappa shape index (κ2) is 6.29. The van der Waals surface area contributed by atoms with Crippen molar-refractivity contribution in [3.05, 3.63) is 59.3 Å². The molecule has 132 valence electrons. The average Bonchev–Trinajstić information content (AvgIpc) is 3.20. The van der Waals surface area contributed by atoms with Gasteiger partial charge in [0.1, 0.15) is 5.82 Å². The van der Waals surface area contributed by atoms with E-state index in [1.54, 1.807) is 15.4 Å². The molecular weight excluding hydrogens is 328 g/mol. The number of pyridine rings is 1. The summed E-state index contributed by atoms with van der Waals surface area (Å²) >= 11 is 0. The van der Waals surface area contributed by atoms with Crippen LogP contribution in [0.1, 0.15) is 48.6 Å². The highest BCUT2D eigenvalue weighted by Gasteiger charge is 2.17. The van der Waals surface area contributed by atoms with E-state index >= 15 is 0 Å². The van der Waals surface area contributed by atoms with Crippen molar-refractivity contribution in [1.82, 2.24) is 39.3 Å². The van der Waals surface area contributed by atoms with E-state index in [4.69, 9.17) is 4.98 Å². The molecule has 8 heteroatoms. The highest BCUT2D eigenvalue weighted by Crippen LogP contribution is 2.16. The average molecular weight is 348 g/mol. The largest absolute Gasteiger partial charge is 0.252 e. The summed E-state index contributed by atoms with van der Waals surface area (Å²) in [5.41, 5.74) is 1.92. The third-order valence-corrected chi connectivity index (χ3v) is 4.05. The third-order valence-electron chi connectivity index (χ3n) is 4.05. The maximum Gasteiger partial charge on any atom is 0.252 e. The predicted molar refractivity (Wildman–Crippen MR) is 96.3 cm³/mol. The van der Waals surface area contributed by atoms with Crippen LogP contribution in [-0.2, 0) is 6.42 Å². The topological polar surface area (TPSA) is 86.7 Å². The molecule has 0 aliphatic heterocycles. The first kappa shape index (κ1) is 16.3. The summed E-state index contributed by atoms with van der Waals surface area (Å²) in [5, 5.41) is 9.21. The first-order chi connectivity index (χ1) is 12.5. The summed E-state index contributed by atoms with van der Waals surface area (Å²) in [7, 11) is 0. The lowest BCUT2D eigenvalue weighted by Crippen LogP contribution is -2.06. The van der Waals surface area contributed by atoms with Gasteiger partial charge >= 0.3 is 0 Å². The SMILES string of the molecule is Cc1cc(C)n2nc(Cc3nc(C(C)C)nn3-c3ccccn3)nc2n1. The van der Waals surface area contributed by atoms with Gasteiger partial charge in [0.05, 0.1) is 6.42 Å². The monoisotopic (exact) mass is 348 g/mol. The van der Waals surface area contributed by atoms with Gasteiger partial charge in [-0.15, -0.1) is 10.2 Å². The summed E-state index contributed by atoms with van der Waals surface area (Å²) in [5.74, 6) is 3.75. The quantitative estimate of drug-likeness (QED) is 0.563. The zero-order chi connectivity index (χ0) is 18.3. The molecule has 4 aromatic rings. The first-order valence-corrected chi connectivity index (χ1v) is 8.58. The Morgan fingerprint density at radius 3 is 2.62 bits per heavy atom. The Morgan fingerprint density at radius 1 is 1.04 bits per heavy atom. The molecule has 0 saturated heterocycles. The van der Waals surface area contributed by atoms with Crippen LogP contribution in [0.4, 0.5) is 0 Å². The van der Waals surface area contributed by atoms with Gasteiger partial charge in [0.25, 0.3) is 5.78 Å². The fourth-order valence-electron chi connectivity index (χ4n) is 2.81. The fraction of sp³-hybridized carbons (Fsp3) is 0.333. The second-order valence-corrected chi connectivity index (χ2v) is 6.60. The summed E-state index contributed by atoms with van der Waals surface area (Å²) in [6.45, 7) is 8.09. The molecule has 0 aliphatic carbocycles. The molecule has 4 rings (SSSR count). The maximum absolute atomic E-state index is 4.69. The van der Waals surface area contributed by atoms with Gasteiger partial charge in [-0.05, 0) is 32.0 Å². The molecule has 26 heavy (non-hydrogen) atoms. The molecule has 0 radical (unpaired) electrons. The van der Waals surface area contributed by atoms with Crippen molar-refractivity contribution < 1.29 is 0 Å². The van der Waals surface area contributed by atoms with Crippen LogP contribution in [0, 0.1) is 13.8 Å². The van der Waals surface area contributed by atoms with E-state index in [2.05, 4.69) is 39.0 Å². The van der Waals surface area contributed by atoms with E-state index in [9.17, 15) is 0 Å². The lowest BCUT2D eigenvalue weighted by molar-refractivity contribution is 0.734. The van der Waals surface area contributed by atoms with Gasteiger partial charge in [-0.1, -0.05) is 19.9 Å². The van der Waals surface area contributed by atoms with Crippen LogP contribution in [0.3, 0.4) is 0 Å². The van der Waals surface area contributed by atoms with Crippen molar-refractivity contribution in [2.45, 2.75) is 40.0 Å². The van der Waals surface area contributed by atoms with Crippen molar-refractivity contribution in [3.8, 4) is 5.82 Å². The molecule has 0 unspecified atom stereocenters. The van der Waals surface area contributed by atoms with E-state index in [1.807, 2.05) is 38.1 Å². The minimum absolute atomic E-state index is 0.222. The third kappa shape index (κ3) is 2.94. The number of aryl methyl sites for hydroxylation is 2. The summed E-state index contributed by atoms with van der Waals surface area (Å²) in [6, 6.07) is 7.71. The van der Waals surface area contributed by atoms with Gasteiger partial charge < -0.3 is 0 Å². The Balaban J connectivity index is 1.77. The Morgan fingerprint density at radius 2 is 1.88 bits per heavy atom. The molecule has 0 aliphatic rings. The minimum atomic E-state index is 0.222. The molecule has 4 heterocycles. The van der Waals surface area contributed by atoms with Crippen LogP contribution in [0.5, 0.6) is 0 Å². The van der Waals surface area contributed by atoms with Crippen LogP contribution >= 0.6 is 0 Å². The van der Waals surface area contributed by atoms with Crippen LogP contribution < -0.4 is 0 Å². The fourth-order valence-corrected chi connectivity index (χ4v) is 2.81. The highest BCUT2D eigenvalue weighted by molar-refractivity contribution is 5.32. The molecule has 8 nitrogen and oxygen atoms in total. The normalized spacial score (nSPS) is 11.6. The number of hydrogen-bond donors (Lipinski definition) is 0. The van der Waals surface area contributed by atoms with E-state index in [1.165, 1.54) is 0 Å². The second-order valence-electron chi connectivity index (χ2n) is 6.60. The lowest BCUT2D eigenvalue weighted by atomic mass is 10.2. The number of fused-ring (bicyclic) bond motifs is 1. The number of aromatic nitrogens is 8. The molecule has 0 atom stereocenters. The van der Waals surface area contributed by atoms with E-state index in [0.717, 1.165) is 28.9 Å². The number of hydrogen-bond acceptors (Lipinski definition) is 6. The van der Waals surface area contributed by atoms with Gasteiger partial charge in [0.15, 0.2) is 17.5 Å². The molecule has 0 amide bonds. The molecular formula is C18H20N8. The molecule has 0 bridgehead atoms. The van der Waals surface area contributed by atoms with E-state index < -0.39 is 0 Å². The van der Waals surface area contributed by atoms with Crippen molar-refractivity contribution in [3.63, 3.8) is 0 Å². The highest BCUT2D eigenvalue weighted by atomic mass is 15.4. The minimum Gasteiger partial charge on any atom is -0.237 e. The Kier molecular flexibility index (Phi) is 3.95. The molecule has 0 aromatic carbocycles. The molecule has 0 spiro atoms. The van der Waals surface area contributed by atoms with E-state index in [0.29, 0.717) is 18.0 Å². The summed E-state index contributed by atoms with van der Waals surface area (Å²) in [4.78, 5) is 18.1. The molecule has 0 N–H and O–H groups in total. The van der Waals surface area contributed by atoms with Crippen LogP contribution in [0.25, 0.3) is 11.6 Å². The van der Waals surface area contributed by atoms with Gasteiger partial charge in [-0.2, -0.15) is 9.67 Å². The molecule has 4 aromatic heterocycles. The first-order valence-electron chi connectivity index (χ1n) is 8.58. The maximum atomic E-state index is 4.69. The Labute approximate surface area is 151 Å². The number of nitrogens with zero attached hydrogens (tertiary/aromatic N) is 8. The predicted octanol–water partition coefficient (Wildman–Crippen LogP) is 2.43. The zero-order valence-corrected chi connectivity index (χ0v) is 15.2. The lowest BCUT2D eigenvalue weighted by Gasteiger charge is -2.02. The van der Waals surface area contributed by atoms with Crippen LogP contribution in [0.2, 0.25) is 0 Å². The standard InChI is InChI=1S/C18H20N8/c1-11(2)17-22-16(26(24-17)15-7-5-6-8-19-15)10-14-21-18-20-12(3)9-13(4)25(18)23-14/h5-9,11H,10H2,1-4H3. The van der Waals surface area contributed by atoms with Crippen LogP contribution in [-0.4, -0.2) is 39.3 Å². The summed E-state index contributed by atoms with van der Waals surface area (Å²) in [6.07, 6.45) is 2.20. The Hall–Kier alpha value is -3.16. The van der Waals surface area contributed by atoms with Crippen molar-refractivity contribution in [2.75, 3.05) is 0 Å². The van der Waals surface area contributed by atoms with Crippen molar-refractivity contribution >= 4 is 5.78 Å². The van der Waals surface area contributed by atoms with Gasteiger partial charge in [0, 0.05) is 23.5 Å². The molecule has 0 saturated carbocycles. The Bertz CT molecular complexity index is 1060. The zero-order valence-electron chi connectivity index (χ0n) is 15.2. The molecule has 0 fully saturated rings. The van der Waals surface area contributed by atoms with Crippen LogP contribution in [0.15, 0.2) is 30.5 Å². The smallest absolute Gasteiger partial charge is 0.237 e. The van der Waals surface area contributed by atoms with Crippen molar-refractivity contribution in [2.24, 2.45) is 0 Å². The summed E-state index contributed by atoms with van der Waals surface area (Å²) < 4.78 is 3.53. The number of rotatable bonds is 4. The van der Waals surface area contributed by atoms with E-state index in [-0.39, 0.29) is 5.92 Å². The van der Waals surface area contributed by atoms with Gasteiger partial charge in [-0.3, -0.25) is 0 Å². The van der Waals surface area contributed by atoms with Crippen molar-refractivity contribution in [1.29, 1.82) is 0 Å². The van der Waals surface area contributed by atoms with Gasteiger partial charge in [-0.25, -0.2) is 19.5 Å².